The lowest BCUT2D eigenvalue weighted by molar-refractivity contribution is -0.141. The summed E-state index contributed by atoms with van der Waals surface area (Å²) in [5, 5.41) is 11.9. The topological polar surface area (TPSA) is 78.9 Å². The van der Waals surface area contributed by atoms with Crippen LogP contribution in [0.4, 0.5) is 4.79 Å². The van der Waals surface area contributed by atoms with Gasteiger partial charge in [0.1, 0.15) is 0 Å². The lowest BCUT2D eigenvalue weighted by atomic mass is 10.0. The SMILES string of the molecule is CC1(C)COCCN1C(=O)NC1CCC(C(=O)O)C1. The summed E-state index contributed by atoms with van der Waals surface area (Å²) >= 11 is 0. The molecule has 2 unspecified atom stereocenters. The molecule has 2 atom stereocenters. The predicted molar refractivity (Wildman–Crippen MR) is 68.9 cm³/mol. The Morgan fingerprint density at radius 1 is 1.37 bits per heavy atom. The van der Waals surface area contributed by atoms with Gasteiger partial charge in [-0.05, 0) is 33.1 Å². The highest BCUT2D eigenvalue weighted by molar-refractivity contribution is 5.76. The highest BCUT2D eigenvalue weighted by Gasteiger charge is 2.36. The lowest BCUT2D eigenvalue weighted by Crippen LogP contribution is -2.59. The summed E-state index contributed by atoms with van der Waals surface area (Å²) in [5.74, 6) is -1.08. The van der Waals surface area contributed by atoms with E-state index in [0.717, 1.165) is 6.42 Å². The zero-order valence-corrected chi connectivity index (χ0v) is 11.5. The minimum absolute atomic E-state index is 0.0211. The van der Waals surface area contributed by atoms with Crippen LogP contribution in [0, 0.1) is 5.92 Å². The van der Waals surface area contributed by atoms with Crippen LogP contribution >= 0.6 is 0 Å². The first-order valence-electron chi connectivity index (χ1n) is 6.79. The predicted octanol–water partition coefficient (Wildman–Crippen LogP) is 1.06. The number of carboxylic acids is 1. The van der Waals surface area contributed by atoms with Gasteiger partial charge in [0.05, 0.1) is 24.7 Å². The van der Waals surface area contributed by atoms with Crippen LogP contribution in [0.3, 0.4) is 0 Å². The Hall–Kier alpha value is -1.30. The van der Waals surface area contributed by atoms with E-state index < -0.39 is 5.97 Å². The Labute approximate surface area is 113 Å². The molecule has 6 heteroatoms. The van der Waals surface area contributed by atoms with Gasteiger partial charge in [-0.1, -0.05) is 0 Å². The summed E-state index contributed by atoms with van der Waals surface area (Å²) in [4.78, 5) is 24.9. The second-order valence-electron chi connectivity index (χ2n) is 6.01. The van der Waals surface area contributed by atoms with Crippen LogP contribution in [0.2, 0.25) is 0 Å². The molecule has 0 spiro atoms. The van der Waals surface area contributed by atoms with Crippen LogP contribution in [0.15, 0.2) is 0 Å². The fourth-order valence-corrected chi connectivity index (χ4v) is 2.82. The maximum Gasteiger partial charge on any atom is 0.318 e. The van der Waals surface area contributed by atoms with Crippen molar-refractivity contribution in [3.8, 4) is 0 Å². The van der Waals surface area contributed by atoms with Gasteiger partial charge in [-0.15, -0.1) is 0 Å². The maximum absolute atomic E-state index is 12.3. The summed E-state index contributed by atoms with van der Waals surface area (Å²) in [6.45, 7) is 5.61. The summed E-state index contributed by atoms with van der Waals surface area (Å²) in [6, 6.07) is -0.128. The van der Waals surface area contributed by atoms with Crippen LogP contribution in [0.1, 0.15) is 33.1 Å². The molecule has 2 fully saturated rings. The van der Waals surface area contributed by atoms with E-state index in [2.05, 4.69) is 5.32 Å². The highest BCUT2D eigenvalue weighted by atomic mass is 16.5. The number of urea groups is 1. The quantitative estimate of drug-likeness (QED) is 0.786. The van der Waals surface area contributed by atoms with Gasteiger partial charge in [-0.3, -0.25) is 4.79 Å². The van der Waals surface area contributed by atoms with Crippen LogP contribution in [-0.4, -0.2) is 53.3 Å². The number of carboxylic acid groups (broad SMARTS) is 1. The van der Waals surface area contributed by atoms with Crippen molar-refractivity contribution in [1.82, 2.24) is 10.2 Å². The van der Waals surface area contributed by atoms with Crippen molar-refractivity contribution in [3.63, 3.8) is 0 Å². The second kappa shape index (κ2) is 5.36. The molecule has 1 saturated heterocycles. The van der Waals surface area contributed by atoms with E-state index in [0.29, 0.717) is 32.6 Å². The molecule has 108 valence electrons. The van der Waals surface area contributed by atoms with Gasteiger partial charge in [-0.2, -0.15) is 0 Å². The number of aliphatic carboxylic acids is 1. The van der Waals surface area contributed by atoms with E-state index in [4.69, 9.17) is 9.84 Å². The third-order valence-electron chi connectivity index (χ3n) is 4.00. The number of hydrogen-bond donors (Lipinski definition) is 2. The van der Waals surface area contributed by atoms with Gasteiger partial charge in [0.25, 0.3) is 0 Å². The van der Waals surface area contributed by atoms with Crippen molar-refractivity contribution < 1.29 is 19.4 Å². The van der Waals surface area contributed by atoms with Crippen LogP contribution < -0.4 is 5.32 Å². The normalized spacial score (nSPS) is 30.1. The first-order valence-corrected chi connectivity index (χ1v) is 6.79. The average molecular weight is 270 g/mol. The second-order valence-corrected chi connectivity index (χ2v) is 6.01. The standard InChI is InChI=1S/C13H22N2O4/c1-13(2)8-19-6-5-15(13)12(18)14-10-4-3-9(7-10)11(16)17/h9-10H,3-8H2,1-2H3,(H,14,18)(H,16,17). The number of rotatable bonds is 2. The lowest BCUT2D eigenvalue weighted by Gasteiger charge is -2.42. The van der Waals surface area contributed by atoms with E-state index in [1.807, 2.05) is 13.8 Å². The number of hydrogen-bond acceptors (Lipinski definition) is 3. The van der Waals surface area contributed by atoms with Crippen molar-refractivity contribution in [1.29, 1.82) is 0 Å². The number of carbonyl (C=O) groups is 2. The van der Waals surface area contributed by atoms with Gasteiger partial charge >= 0.3 is 12.0 Å². The van der Waals surface area contributed by atoms with Crippen molar-refractivity contribution >= 4 is 12.0 Å². The number of ether oxygens (including phenoxy) is 1. The van der Waals surface area contributed by atoms with E-state index in [-0.39, 0.29) is 23.5 Å². The summed E-state index contributed by atoms with van der Waals surface area (Å²) in [7, 11) is 0. The first-order chi connectivity index (χ1) is 8.90. The van der Waals surface area contributed by atoms with Gasteiger partial charge in [-0.25, -0.2) is 4.79 Å². The van der Waals surface area contributed by atoms with Crippen LogP contribution in [0.5, 0.6) is 0 Å². The molecular weight excluding hydrogens is 248 g/mol. The zero-order valence-electron chi connectivity index (χ0n) is 11.5. The molecule has 2 amide bonds. The average Bonchev–Trinajstić information content (AvgIpc) is 2.76. The molecule has 0 bridgehead atoms. The van der Waals surface area contributed by atoms with Crippen LogP contribution in [-0.2, 0) is 9.53 Å². The van der Waals surface area contributed by atoms with E-state index in [1.165, 1.54) is 0 Å². The summed E-state index contributed by atoms with van der Waals surface area (Å²) in [5.41, 5.74) is -0.312. The van der Waals surface area contributed by atoms with Crippen molar-refractivity contribution in [2.24, 2.45) is 5.92 Å². The third kappa shape index (κ3) is 3.18. The van der Waals surface area contributed by atoms with Crippen molar-refractivity contribution in [2.75, 3.05) is 19.8 Å². The highest BCUT2D eigenvalue weighted by Crippen LogP contribution is 2.26. The molecule has 0 radical (unpaired) electrons. The molecule has 2 N–H and O–H groups in total. The van der Waals surface area contributed by atoms with Crippen molar-refractivity contribution in [3.05, 3.63) is 0 Å². The number of morpholine rings is 1. The van der Waals surface area contributed by atoms with Gasteiger partial charge < -0.3 is 20.1 Å². The molecule has 2 rings (SSSR count). The Kier molecular flexibility index (Phi) is 3.99. The number of nitrogens with one attached hydrogen (secondary N) is 1. The maximum atomic E-state index is 12.3. The fourth-order valence-electron chi connectivity index (χ4n) is 2.82. The van der Waals surface area contributed by atoms with Gasteiger partial charge in [0, 0.05) is 12.6 Å². The smallest absolute Gasteiger partial charge is 0.318 e. The van der Waals surface area contributed by atoms with Crippen LogP contribution in [0.25, 0.3) is 0 Å². The van der Waals surface area contributed by atoms with E-state index in [9.17, 15) is 9.59 Å². The van der Waals surface area contributed by atoms with Gasteiger partial charge in [0.2, 0.25) is 0 Å². The largest absolute Gasteiger partial charge is 0.481 e. The molecule has 1 heterocycles. The van der Waals surface area contributed by atoms with Gasteiger partial charge in [0.15, 0.2) is 0 Å². The molecule has 0 aromatic heterocycles. The number of carbonyl (C=O) groups excluding carboxylic acids is 1. The summed E-state index contributed by atoms with van der Waals surface area (Å²) in [6.07, 6.45) is 1.92. The Bertz CT molecular complexity index is 370. The molecule has 0 aromatic carbocycles. The zero-order chi connectivity index (χ0) is 14.0. The Balaban J connectivity index is 1.89. The molecular formula is C13H22N2O4. The Morgan fingerprint density at radius 2 is 2.11 bits per heavy atom. The minimum atomic E-state index is -0.761. The number of nitrogens with zero attached hydrogens (tertiary/aromatic N) is 1. The van der Waals surface area contributed by atoms with Crippen molar-refractivity contribution in [2.45, 2.75) is 44.7 Å². The van der Waals surface area contributed by atoms with E-state index in [1.54, 1.807) is 4.90 Å². The molecule has 1 saturated carbocycles. The third-order valence-corrected chi connectivity index (χ3v) is 4.00. The monoisotopic (exact) mass is 270 g/mol. The molecule has 19 heavy (non-hydrogen) atoms. The Morgan fingerprint density at radius 3 is 2.68 bits per heavy atom. The molecule has 0 aromatic rings. The molecule has 6 nitrogen and oxygen atoms in total. The first kappa shape index (κ1) is 14.1. The summed E-state index contributed by atoms with van der Waals surface area (Å²) < 4.78 is 5.38. The molecule has 1 aliphatic heterocycles. The van der Waals surface area contributed by atoms with E-state index >= 15 is 0 Å². The fraction of sp³-hybridized carbons (Fsp3) is 0.846. The molecule has 1 aliphatic carbocycles. The number of amides is 2. The minimum Gasteiger partial charge on any atom is -0.481 e. The molecule has 2 aliphatic rings.